The molecule has 0 unspecified atom stereocenters. The molecule has 2 aromatic heterocycles. The molecule has 2 heterocycles. The molecule has 0 aliphatic carbocycles. The number of hydrogen-bond acceptors (Lipinski definition) is 4. The van der Waals surface area contributed by atoms with Crippen molar-refractivity contribution in [2.75, 3.05) is 5.73 Å². The molecular weight excluding hydrogens is 248 g/mol. The molecular formula is C16H16N4. The summed E-state index contributed by atoms with van der Waals surface area (Å²) < 4.78 is 0. The van der Waals surface area contributed by atoms with Gasteiger partial charge >= 0.3 is 0 Å². The minimum atomic E-state index is 0.267. The largest absolute Gasteiger partial charge is 0.383 e. The predicted octanol–water partition coefficient (Wildman–Crippen LogP) is 3.40. The van der Waals surface area contributed by atoms with Gasteiger partial charge in [-0.15, -0.1) is 0 Å². The molecule has 0 amide bonds. The lowest BCUT2D eigenvalue weighted by Crippen LogP contribution is -2.04. The third kappa shape index (κ3) is 1.99. The number of aromatic nitrogens is 3. The highest BCUT2D eigenvalue weighted by Gasteiger charge is 2.16. The summed E-state index contributed by atoms with van der Waals surface area (Å²) >= 11 is 0. The Labute approximate surface area is 117 Å². The van der Waals surface area contributed by atoms with E-state index in [1.165, 1.54) is 6.33 Å². The van der Waals surface area contributed by atoms with Crippen LogP contribution in [0.15, 0.2) is 43.0 Å². The number of hydrogen-bond donors (Lipinski definition) is 1. The maximum absolute atomic E-state index is 6.04. The number of nitrogen functional groups attached to an aromatic ring is 1. The molecule has 100 valence electrons. The van der Waals surface area contributed by atoms with E-state index in [9.17, 15) is 0 Å². The number of nitrogens with zero attached hydrogens (tertiary/aromatic N) is 3. The second-order valence-corrected chi connectivity index (χ2v) is 5.08. The van der Waals surface area contributed by atoms with Gasteiger partial charge < -0.3 is 5.73 Å². The zero-order chi connectivity index (χ0) is 14.1. The molecule has 1 aromatic carbocycles. The highest BCUT2D eigenvalue weighted by molar-refractivity contribution is 5.96. The maximum atomic E-state index is 6.04. The van der Waals surface area contributed by atoms with Gasteiger partial charge in [0.05, 0.1) is 5.69 Å². The molecule has 0 atom stereocenters. The fraction of sp³-hybridized carbons (Fsp3) is 0.188. The number of benzene rings is 1. The van der Waals surface area contributed by atoms with Gasteiger partial charge in [0.15, 0.2) is 0 Å². The van der Waals surface area contributed by atoms with Crippen LogP contribution in [0.3, 0.4) is 0 Å². The lowest BCUT2D eigenvalue weighted by atomic mass is 9.95. The molecule has 0 aliphatic rings. The molecule has 0 radical (unpaired) electrons. The summed E-state index contributed by atoms with van der Waals surface area (Å²) in [6.07, 6.45) is 5.18. The fourth-order valence-corrected chi connectivity index (χ4v) is 2.52. The molecule has 4 nitrogen and oxygen atoms in total. The number of fused-ring (bicyclic) bond motifs is 1. The summed E-state index contributed by atoms with van der Waals surface area (Å²) in [4.78, 5) is 12.8. The molecule has 0 spiro atoms. The molecule has 2 N–H and O–H groups in total. The van der Waals surface area contributed by atoms with E-state index in [0.717, 1.165) is 27.6 Å². The summed E-state index contributed by atoms with van der Waals surface area (Å²) in [5.41, 5.74) is 9.02. The lowest BCUT2D eigenvalue weighted by Gasteiger charge is -2.15. The molecule has 3 aromatic rings. The average Bonchev–Trinajstić information content (AvgIpc) is 2.46. The Kier molecular flexibility index (Phi) is 3.06. The summed E-state index contributed by atoms with van der Waals surface area (Å²) in [6.45, 7) is 4.20. The van der Waals surface area contributed by atoms with Gasteiger partial charge in [-0.1, -0.05) is 32.0 Å². The first-order chi connectivity index (χ1) is 9.68. The van der Waals surface area contributed by atoms with Crippen molar-refractivity contribution in [1.29, 1.82) is 0 Å². The first-order valence-corrected chi connectivity index (χ1v) is 6.62. The van der Waals surface area contributed by atoms with E-state index in [0.29, 0.717) is 5.82 Å². The number of anilines is 1. The number of nitrogens with two attached hydrogens (primary N) is 1. The maximum Gasteiger partial charge on any atom is 0.130 e. The smallest absolute Gasteiger partial charge is 0.130 e. The predicted molar refractivity (Wildman–Crippen MR) is 81.3 cm³/mol. The van der Waals surface area contributed by atoms with Gasteiger partial charge in [-0.2, -0.15) is 0 Å². The molecule has 0 saturated heterocycles. The van der Waals surface area contributed by atoms with Crippen LogP contribution in [-0.4, -0.2) is 15.0 Å². The quantitative estimate of drug-likeness (QED) is 0.770. The minimum absolute atomic E-state index is 0.267. The third-order valence-electron chi connectivity index (χ3n) is 3.43. The second-order valence-electron chi connectivity index (χ2n) is 5.08. The molecule has 0 bridgehead atoms. The Balaban J connectivity index is 2.35. The van der Waals surface area contributed by atoms with E-state index < -0.39 is 0 Å². The van der Waals surface area contributed by atoms with Crippen LogP contribution in [-0.2, 0) is 0 Å². The highest BCUT2D eigenvalue weighted by atomic mass is 14.9. The van der Waals surface area contributed by atoms with Gasteiger partial charge in [0.25, 0.3) is 0 Å². The Morgan fingerprint density at radius 1 is 1.10 bits per heavy atom. The Morgan fingerprint density at radius 2 is 1.95 bits per heavy atom. The molecule has 20 heavy (non-hydrogen) atoms. The van der Waals surface area contributed by atoms with Crippen molar-refractivity contribution in [3.8, 4) is 11.3 Å². The first-order valence-electron chi connectivity index (χ1n) is 6.62. The van der Waals surface area contributed by atoms with E-state index in [-0.39, 0.29) is 5.92 Å². The lowest BCUT2D eigenvalue weighted by molar-refractivity contribution is 0.855. The number of pyridine rings is 1. The van der Waals surface area contributed by atoms with Crippen LogP contribution in [0.5, 0.6) is 0 Å². The number of rotatable bonds is 2. The van der Waals surface area contributed by atoms with Crippen LogP contribution in [0.4, 0.5) is 5.82 Å². The van der Waals surface area contributed by atoms with E-state index in [2.05, 4.69) is 34.9 Å². The van der Waals surface area contributed by atoms with Crippen LogP contribution < -0.4 is 5.73 Å². The van der Waals surface area contributed by atoms with Crippen molar-refractivity contribution in [3.05, 3.63) is 48.5 Å². The van der Waals surface area contributed by atoms with Crippen molar-refractivity contribution >= 4 is 16.6 Å². The average molecular weight is 264 g/mol. The molecule has 0 saturated carbocycles. The zero-order valence-electron chi connectivity index (χ0n) is 11.5. The first kappa shape index (κ1) is 12.5. The van der Waals surface area contributed by atoms with Gasteiger partial charge in [0.2, 0.25) is 0 Å². The highest BCUT2D eigenvalue weighted by Crippen LogP contribution is 2.34. The Hall–Kier alpha value is -2.49. The van der Waals surface area contributed by atoms with Crippen molar-refractivity contribution in [1.82, 2.24) is 15.0 Å². The summed E-state index contributed by atoms with van der Waals surface area (Å²) in [5.74, 6) is 0.819. The molecule has 0 fully saturated rings. The van der Waals surface area contributed by atoms with Crippen LogP contribution in [0.2, 0.25) is 0 Å². The van der Waals surface area contributed by atoms with E-state index in [1.807, 2.05) is 24.4 Å². The van der Waals surface area contributed by atoms with Crippen LogP contribution >= 0.6 is 0 Å². The van der Waals surface area contributed by atoms with Gasteiger partial charge in [0.1, 0.15) is 12.1 Å². The SMILES string of the molecule is CC(C)c1c(N)ncnc1-c1cccc2cnccc12. The fourth-order valence-electron chi connectivity index (χ4n) is 2.52. The standard InChI is InChI=1S/C16H16N4/c1-10(2)14-15(19-9-20-16(14)17)13-5-3-4-11-8-18-7-6-12(11)13/h3-10H,1-2H3,(H2,17,19,20). The molecule has 4 heteroatoms. The topological polar surface area (TPSA) is 64.7 Å². The molecule has 3 rings (SSSR count). The van der Waals surface area contributed by atoms with Crippen molar-refractivity contribution in [2.24, 2.45) is 0 Å². The van der Waals surface area contributed by atoms with E-state index >= 15 is 0 Å². The van der Waals surface area contributed by atoms with Crippen molar-refractivity contribution in [2.45, 2.75) is 19.8 Å². The van der Waals surface area contributed by atoms with Gasteiger partial charge in [-0.3, -0.25) is 4.98 Å². The van der Waals surface area contributed by atoms with Gasteiger partial charge in [-0.25, -0.2) is 9.97 Å². The van der Waals surface area contributed by atoms with Crippen LogP contribution in [0.1, 0.15) is 25.3 Å². The van der Waals surface area contributed by atoms with Crippen LogP contribution in [0.25, 0.3) is 22.0 Å². The van der Waals surface area contributed by atoms with E-state index in [4.69, 9.17) is 5.73 Å². The third-order valence-corrected chi connectivity index (χ3v) is 3.43. The Bertz CT molecular complexity index is 760. The van der Waals surface area contributed by atoms with Crippen molar-refractivity contribution in [3.63, 3.8) is 0 Å². The second kappa shape index (κ2) is 4.89. The molecule has 0 aliphatic heterocycles. The summed E-state index contributed by atoms with van der Waals surface area (Å²) in [7, 11) is 0. The minimum Gasteiger partial charge on any atom is -0.383 e. The monoisotopic (exact) mass is 264 g/mol. The summed E-state index contributed by atoms with van der Waals surface area (Å²) in [5, 5.41) is 2.22. The summed E-state index contributed by atoms with van der Waals surface area (Å²) in [6, 6.07) is 8.14. The Morgan fingerprint density at radius 3 is 2.75 bits per heavy atom. The van der Waals surface area contributed by atoms with Gasteiger partial charge in [0, 0.05) is 28.9 Å². The van der Waals surface area contributed by atoms with Gasteiger partial charge in [-0.05, 0) is 17.4 Å². The van der Waals surface area contributed by atoms with Crippen molar-refractivity contribution < 1.29 is 0 Å². The van der Waals surface area contributed by atoms with Crippen LogP contribution in [0, 0.1) is 0 Å². The normalized spacial score (nSPS) is 11.2. The zero-order valence-corrected chi connectivity index (χ0v) is 11.5. The van der Waals surface area contributed by atoms with E-state index in [1.54, 1.807) is 6.20 Å².